The molecule has 0 aromatic heterocycles. The second-order valence-electron chi connectivity index (χ2n) is 8.04. The van der Waals surface area contributed by atoms with Crippen LogP contribution in [0.4, 0.5) is 0 Å². The van der Waals surface area contributed by atoms with Gasteiger partial charge in [0, 0.05) is 19.6 Å². The van der Waals surface area contributed by atoms with Crippen LogP contribution in [0.1, 0.15) is 24.8 Å². The molecular weight excluding hydrogens is 314 g/mol. The molecule has 1 saturated heterocycles. The third kappa shape index (κ3) is 2.99. The van der Waals surface area contributed by atoms with Crippen LogP contribution in [0.3, 0.4) is 0 Å². The van der Waals surface area contributed by atoms with E-state index in [1.54, 1.807) is 0 Å². The zero-order valence-electron chi connectivity index (χ0n) is 14.2. The predicted molar refractivity (Wildman–Crippen MR) is 95.6 cm³/mol. The van der Waals surface area contributed by atoms with Crippen LogP contribution in [0.5, 0.6) is 5.75 Å². The standard InChI is InChI=1S/C21H23NO3/c23-21(24)18-11-22(12-18)10-13-1-2-15-7-19(4-3-14(15)5-13)25-20-8-16-6-17(16)9-20/h1-5,7,16-18,20H,6,8-12H2,(H,23,24). The molecule has 2 unspecified atom stereocenters. The van der Waals surface area contributed by atoms with Gasteiger partial charge in [-0.05, 0) is 65.6 Å². The molecule has 0 amide bonds. The minimum absolute atomic E-state index is 0.193. The fraction of sp³-hybridized carbons (Fsp3) is 0.476. The third-order valence-corrected chi connectivity index (χ3v) is 6.09. The molecule has 2 saturated carbocycles. The van der Waals surface area contributed by atoms with Crippen molar-refractivity contribution in [2.75, 3.05) is 13.1 Å². The van der Waals surface area contributed by atoms with Gasteiger partial charge in [0.1, 0.15) is 5.75 Å². The molecule has 2 aromatic rings. The average molecular weight is 337 g/mol. The van der Waals surface area contributed by atoms with Crippen LogP contribution in [0, 0.1) is 17.8 Å². The maximum Gasteiger partial charge on any atom is 0.309 e. The Morgan fingerprint density at radius 2 is 1.76 bits per heavy atom. The van der Waals surface area contributed by atoms with Crippen molar-refractivity contribution < 1.29 is 14.6 Å². The van der Waals surface area contributed by atoms with Gasteiger partial charge in [0.05, 0.1) is 12.0 Å². The van der Waals surface area contributed by atoms with Crippen LogP contribution >= 0.6 is 0 Å². The van der Waals surface area contributed by atoms with E-state index in [0.717, 1.165) is 24.1 Å². The van der Waals surface area contributed by atoms with Gasteiger partial charge in [-0.15, -0.1) is 0 Å². The molecule has 130 valence electrons. The lowest BCUT2D eigenvalue weighted by Crippen LogP contribution is -2.49. The molecule has 0 bridgehead atoms. The normalized spacial score (nSPS) is 28.6. The number of carboxylic acids is 1. The van der Waals surface area contributed by atoms with Crippen molar-refractivity contribution in [2.45, 2.75) is 31.9 Å². The van der Waals surface area contributed by atoms with E-state index in [0.29, 0.717) is 19.2 Å². The molecule has 5 rings (SSSR count). The molecule has 1 heterocycles. The van der Waals surface area contributed by atoms with E-state index in [1.807, 2.05) is 0 Å². The highest BCUT2D eigenvalue weighted by atomic mass is 16.5. The smallest absolute Gasteiger partial charge is 0.309 e. The summed E-state index contributed by atoms with van der Waals surface area (Å²) in [6.45, 7) is 2.13. The Labute approximate surface area is 147 Å². The highest BCUT2D eigenvalue weighted by Crippen LogP contribution is 2.52. The van der Waals surface area contributed by atoms with Crippen molar-refractivity contribution in [1.29, 1.82) is 0 Å². The zero-order valence-corrected chi connectivity index (χ0v) is 14.2. The van der Waals surface area contributed by atoms with Crippen LogP contribution in [-0.2, 0) is 11.3 Å². The Bertz CT molecular complexity index is 817. The van der Waals surface area contributed by atoms with E-state index >= 15 is 0 Å². The summed E-state index contributed by atoms with van der Waals surface area (Å²) in [5.41, 5.74) is 1.24. The summed E-state index contributed by atoms with van der Waals surface area (Å²) < 4.78 is 6.18. The second kappa shape index (κ2) is 5.73. The molecule has 1 aliphatic heterocycles. The van der Waals surface area contributed by atoms with Crippen LogP contribution < -0.4 is 4.74 Å². The number of hydrogen-bond acceptors (Lipinski definition) is 3. The number of ether oxygens (including phenoxy) is 1. The van der Waals surface area contributed by atoms with Crippen molar-refractivity contribution in [1.82, 2.24) is 4.90 Å². The van der Waals surface area contributed by atoms with Crippen LogP contribution in [-0.4, -0.2) is 35.2 Å². The summed E-state index contributed by atoms with van der Waals surface area (Å²) in [6.07, 6.45) is 4.29. The SMILES string of the molecule is O=C(O)C1CN(Cc2ccc3cc(OC4CC5CC5C4)ccc3c2)C1. The minimum atomic E-state index is -0.679. The predicted octanol–water partition coefficient (Wildman–Crippen LogP) is 3.53. The summed E-state index contributed by atoms with van der Waals surface area (Å²) in [7, 11) is 0. The highest BCUT2D eigenvalue weighted by molar-refractivity contribution is 5.84. The molecule has 0 radical (unpaired) electrons. The summed E-state index contributed by atoms with van der Waals surface area (Å²) in [5, 5.41) is 11.4. The highest BCUT2D eigenvalue weighted by Gasteiger charge is 2.46. The fourth-order valence-corrected chi connectivity index (χ4v) is 4.51. The molecule has 3 aliphatic rings. The molecule has 2 atom stereocenters. The van der Waals surface area contributed by atoms with Gasteiger partial charge in [0.15, 0.2) is 0 Å². The minimum Gasteiger partial charge on any atom is -0.490 e. The summed E-state index contributed by atoms with van der Waals surface area (Å²) in [4.78, 5) is 13.1. The Hall–Kier alpha value is -2.07. The Morgan fingerprint density at radius 3 is 2.52 bits per heavy atom. The van der Waals surface area contributed by atoms with Gasteiger partial charge in [-0.1, -0.05) is 18.2 Å². The molecule has 0 spiro atoms. The summed E-state index contributed by atoms with van der Waals surface area (Å²) in [6, 6.07) is 12.9. The topological polar surface area (TPSA) is 49.8 Å². The van der Waals surface area contributed by atoms with Crippen LogP contribution in [0.15, 0.2) is 36.4 Å². The number of benzene rings is 2. The third-order valence-electron chi connectivity index (χ3n) is 6.09. The molecule has 25 heavy (non-hydrogen) atoms. The van der Waals surface area contributed by atoms with Crippen molar-refractivity contribution in [3.8, 4) is 5.75 Å². The van der Waals surface area contributed by atoms with Crippen LogP contribution in [0.2, 0.25) is 0 Å². The van der Waals surface area contributed by atoms with E-state index in [-0.39, 0.29) is 5.92 Å². The van der Waals surface area contributed by atoms with Gasteiger partial charge < -0.3 is 9.84 Å². The monoisotopic (exact) mass is 337 g/mol. The molecule has 2 aliphatic carbocycles. The molecule has 3 fully saturated rings. The first-order chi connectivity index (χ1) is 12.1. The van der Waals surface area contributed by atoms with Crippen molar-refractivity contribution in [2.24, 2.45) is 17.8 Å². The average Bonchev–Trinajstić information content (AvgIpc) is 3.16. The lowest BCUT2D eigenvalue weighted by molar-refractivity contribution is -0.147. The van der Waals surface area contributed by atoms with E-state index in [4.69, 9.17) is 9.84 Å². The number of nitrogens with zero attached hydrogens (tertiary/aromatic N) is 1. The Balaban J connectivity index is 1.25. The maximum atomic E-state index is 10.9. The van der Waals surface area contributed by atoms with Crippen molar-refractivity contribution >= 4 is 16.7 Å². The van der Waals surface area contributed by atoms with E-state index in [1.165, 1.54) is 35.6 Å². The number of likely N-dealkylation sites (tertiary alicyclic amines) is 1. The van der Waals surface area contributed by atoms with E-state index in [9.17, 15) is 4.79 Å². The molecule has 2 aromatic carbocycles. The number of rotatable bonds is 5. The lowest BCUT2D eigenvalue weighted by Gasteiger charge is -2.36. The summed E-state index contributed by atoms with van der Waals surface area (Å²) >= 11 is 0. The molecular formula is C21H23NO3. The molecule has 4 nitrogen and oxygen atoms in total. The second-order valence-corrected chi connectivity index (χ2v) is 8.04. The van der Waals surface area contributed by atoms with E-state index < -0.39 is 5.97 Å². The first-order valence-electron chi connectivity index (χ1n) is 9.28. The zero-order chi connectivity index (χ0) is 17.0. The van der Waals surface area contributed by atoms with Gasteiger partial charge in [-0.3, -0.25) is 9.69 Å². The molecule has 4 heteroatoms. The number of aliphatic carboxylic acids is 1. The van der Waals surface area contributed by atoms with Gasteiger partial charge in [-0.25, -0.2) is 0 Å². The van der Waals surface area contributed by atoms with Gasteiger partial charge in [0.2, 0.25) is 0 Å². The Kier molecular flexibility index (Phi) is 3.49. The largest absolute Gasteiger partial charge is 0.490 e. The first-order valence-corrected chi connectivity index (χ1v) is 9.28. The quantitative estimate of drug-likeness (QED) is 0.907. The number of hydrogen-bond donors (Lipinski definition) is 1. The number of fused-ring (bicyclic) bond motifs is 2. The van der Waals surface area contributed by atoms with Crippen molar-refractivity contribution in [3.63, 3.8) is 0 Å². The fourth-order valence-electron chi connectivity index (χ4n) is 4.51. The Morgan fingerprint density at radius 1 is 1.04 bits per heavy atom. The molecule has 1 N–H and O–H groups in total. The van der Waals surface area contributed by atoms with Crippen LogP contribution in [0.25, 0.3) is 10.8 Å². The van der Waals surface area contributed by atoms with Gasteiger partial charge in [0.25, 0.3) is 0 Å². The number of carbonyl (C=O) groups is 1. The maximum absolute atomic E-state index is 10.9. The van der Waals surface area contributed by atoms with Gasteiger partial charge >= 0.3 is 5.97 Å². The van der Waals surface area contributed by atoms with E-state index in [2.05, 4.69) is 41.3 Å². The summed E-state index contributed by atoms with van der Waals surface area (Å²) in [5.74, 6) is 1.99. The number of carboxylic acid groups (broad SMARTS) is 1. The van der Waals surface area contributed by atoms with Gasteiger partial charge in [-0.2, -0.15) is 0 Å². The lowest BCUT2D eigenvalue weighted by atomic mass is 9.99. The first kappa shape index (κ1) is 15.2. The van der Waals surface area contributed by atoms with Crippen molar-refractivity contribution in [3.05, 3.63) is 42.0 Å².